The Bertz CT molecular complexity index is 1160. The van der Waals surface area contributed by atoms with Crippen LogP contribution in [0, 0.1) is 0 Å². The molecule has 0 unspecified atom stereocenters. The SMILES string of the molecule is C=C(Cl)/C(=C\C=C(/C)Cl)C(=O)Nc1ccc(Cl)c(-c2cnc3ccccc3n2)c1. The molecule has 0 radical (unpaired) electrons. The third-order valence-electron chi connectivity index (χ3n) is 3.97. The first-order chi connectivity index (χ1) is 13.8. The van der Waals surface area contributed by atoms with Gasteiger partial charge in [0.25, 0.3) is 5.91 Å². The molecule has 0 fully saturated rings. The summed E-state index contributed by atoms with van der Waals surface area (Å²) in [7, 11) is 0. The molecular weight excluding hydrogens is 429 g/mol. The van der Waals surface area contributed by atoms with Gasteiger partial charge in [-0.05, 0) is 49.4 Å². The fourth-order valence-electron chi connectivity index (χ4n) is 2.57. The molecule has 0 saturated heterocycles. The molecule has 0 aliphatic carbocycles. The first-order valence-corrected chi connectivity index (χ1v) is 9.70. The van der Waals surface area contributed by atoms with Crippen molar-refractivity contribution in [2.75, 3.05) is 5.32 Å². The number of para-hydroxylation sites is 2. The molecular formula is C22H16Cl3N3O. The van der Waals surface area contributed by atoms with E-state index in [1.807, 2.05) is 24.3 Å². The Hall–Kier alpha value is -2.66. The number of amides is 1. The standard InChI is InChI=1S/C22H16Cl3N3O/c1-13(23)7-9-16(14(2)24)22(29)27-15-8-10-18(25)17(11-15)21-12-26-19-5-3-4-6-20(19)28-21/h3-12H,2H2,1H3,(H,27,29)/b13-7+,16-9+. The van der Waals surface area contributed by atoms with Gasteiger partial charge in [0.2, 0.25) is 0 Å². The van der Waals surface area contributed by atoms with Crippen molar-refractivity contribution in [3.8, 4) is 11.3 Å². The van der Waals surface area contributed by atoms with E-state index in [4.69, 9.17) is 34.8 Å². The van der Waals surface area contributed by atoms with Crippen LogP contribution in [0.25, 0.3) is 22.3 Å². The summed E-state index contributed by atoms with van der Waals surface area (Å²) in [6.45, 7) is 5.32. The Labute approximate surface area is 183 Å². The summed E-state index contributed by atoms with van der Waals surface area (Å²) in [6, 6.07) is 12.7. The summed E-state index contributed by atoms with van der Waals surface area (Å²) < 4.78 is 0. The highest BCUT2D eigenvalue weighted by molar-refractivity contribution is 6.36. The summed E-state index contributed by atoms with van der Waals surface area (Å²) >= 11 is 18.2. The fraction of sp³-hybridized carbons (Fsp3) is 0.0455. The van der Waals surface area contributed by atoms with Gasteiger partial charge in [-0.25, -0.2) is 4.98 Å². The number of allylic oxidation sites excluding steroid dienone is 3. The Balaban J connectivity index is 1.94. The van der Waals surface area contributed by atoms with E-state index in [9.17, 15) is 4.79 Å². The van der Waals surface area contributed by atoms with Crippen LogP contribution < -0.4 is 5.32 Å². The van der Waals surface area contributed by atoms with Crippen LogP contribution in [-0.4, -0.2) is 15.9 Å². The highest BCUT2D eigenvalue weighted by atomic mass is 35.5. The minimum absolute atomic E-state index is 0.103. The maximum absolute atomic E-state index is 12.6. The number of aromatic nitrogens is 2. The smallest absolute Gasteiger partial charge is 0.257 e. The number of rotatable bonds is 5. The largest absolute Gasteiger partial charge is 0.322 e. The van der Waals surface area contributed by atoms with E-state index in [-0.39, 0.29) is 10.6 Å². The number of nitrogens with zero attached hydrogens (tertiary/aromatic N) is 2. The maximum atomic E-state index is 12.6. The van der Waals surface area contributed by atoms with Crippen molar-refractivity contribution >= 4 is 57.4 Å². The first kappa shape index (κ1) is 21.1. The average molecular weight is 445 g/mol. The molecule has 0 spiro atoms. The lowest BCUT2D eigenvalue weighted by Crippen LogP contribution is -2.14. The summed E-state index contributed by atoms with van der Waals surface area (Å²) in [5, 5.41) is 3.90. The molecule has 2 aromatic carbocycles. The minimum Gasteiger partial charge on any atom is -0.322 e. The predicted octanol–water partition coefficient (Wildman–Crippen LogP) is 6.71. The number of carbonyl (C=O) groups excluding carboxylic acids is 1. The van der Waals surface area contributed by atoms with Gasteiger partial charge in [0.15, 0.2) is 0 Å². The van der Waals surface area contributed by atoms with E-state index in [1.54, 1.807) is 37.4 Å². The highest BCUT2D eigenvalue weighted by Crippen LogP contribution is 2.30. The second kappa shape index (κ2) is 9.23. The van der Waals surface area contributed by atoms with E-state index in [2.05, 4.69) is 21.9 Å². The van der Waals surface area contributed by atoms with Crippen molar-refractivity contribution in [1.29, 1.82) is 0 Å². The molecule has 1 N–H and O–H groups in total. The number of hydrogen-bond donors (Lipinski definition) is 1. The van der Waals surface area contributed by atoms with Crippen LogP contribution in [0.2, 0.25) is 5.02 Å². The number of carbonyl (C=O) groups is 1. The van der Waals surface area contributed by atoms with Crippen LogP contribution in [0.5, 0.6) is 0 Å². The Morgan fingerprint density at radius 3 is 2.52 bits per heavy atom. The van der Waals surface area contributed by atoms with Crippen molar-refractivity contribution in [2.45, 2.75) is 6.92 Å². The lowest BCUT2D eigenvalue weighted by molar-refractivity contribution is -0.112. The molecule has 3 aromatic rings. The molecule has 4 nitrogen and oxygen atoms in total. The Kier molecular flexibility index (Phi) is 6.70. The van der Waals surface area contributed by atoms with Crippen molar-refractivity contribution in [3.63, 3.8) is 0 Å². The zero-order valence-electron chi connectivity index (χ0n) is 15.4. The predicted molar refractivity (Wildman–Crippen MR) is 121 cm³/mol. The van der Waals surface area contributed by atoms with Crippen LogP contribution in [0.1, 0.15) is 6.92 Å². The molecule has 0 bridgehead atoms. The van der Waals surface area contributed by atoms with Gasteiger partial charge in [-0.2, -0.15) is 0 Å². The van der Waals surface area contributed by atoms with Gasteiger partial charge < -0.3 is 5.32 Å². The second-order valence-corrected chi connectivity index (χ2v) is 7.59. The van der Waals surface area contributed by atoms with Gasteiger partial charge in [0.1, 0.15) is 0 Å². The number of nitrogens with one attached hydrogen (secondary N) is 1. The lowest BCUT2D eigenvalue weighted by atomic mass is 10.1. The van der Waals surface area contributed by atoms with E-state index < -0.39 is 5.91 Å². The summed E-state index contributed by atoms with van der Waals surface area (Å²) in [5.41, 5.74) is 3.52. The molecule has 0 aliphatic heterocycles. The van der Waals surface area contributed by atoms with E-state index >= 15 is 0 Å². The Morgan fingerprint density at radius 2 is 1.83 bits per heavy atom. The van der Waals surface area contributed by atoms with Gasteiger partial charge in [-0.3, -0.25) is 9.78 Å². The molecule has 1 aromatic heterocycles. The molecule has 0 atom stereocenters. The lowest BCUT2D eigenvalue weighted by Gasteiger charge is -2.11. The van der Waals surface area contributed by atoms with Crippen molar-refractivity contribution in [1.82, 2.24) is 9.97 Å². The summed E-state index contributed by atoms with van der Waals surface area (Å²) in [5.74, 6) is -0.419. The van der Waals surface area contributed by atoms with E-state index in [1.165, 1.54) is 6.08 Å². The first-order valence-electron chi connectivity index (χ1n) is 8.57. The summed E-state index contributed by atoms with van der Waals surface area (Å²) in [4.78, 5) is 21.6. The number of halogens is 3. The number of fused-ring (bicyclic) bond motifs is 1. The van der Waals surface area contributed by atoms with Crippen LogP contribution in [0.15, 0.2) is 83.0 Å². The van der Waals surface area contributed by atoms with Crippen molar-refractivity contribution in [3.05, 3.63) is 88.1 Å². The minimum atomic E-state index is -0.419. The third-order valence-corrected chi connectivity index (χ3v) is 4.62. The monoisotopic (exact) mass is 443 g/mol. The molecule has 7 heteroatoms. The van der Waals surface area contributed by atoms with Gasteiger partial charge in [-0.1, -0.05) is 53.5 Å². The normalized spacial score (nSPS) is 12.1. The quantitative estimate of drug-likeness (QED) is 0.351. The molecule has 1 heterocycles. The highest BCUT2D eigenvalue weighted by Gasteiger charge is 2.14. The fourth-order valence-corrected chi connectivity index (χ4v) is 3.00. The molecule has 29 heavy (non-hydrogen) atoms. The zero-order valence-corrected chi connectivity index (χ0v) is 17.7. The molecule has 0 aliphatic rings. The van der Waals surface area contributed by atoms with Crippen LogP contribution in [0.4, 0.5) is 5.69 Å². The topological polar surface area (TPSA) is 54.9 Å². The Morgan fingerprint density at radius 1 is 1.10 bits per heavy atom. The van der Waals surface area contributed by atoms with Crippen LogP contribution in [-0.2, 0) is 4.79 Å². The van der Waals surface area contributed by atoms with E-state index in [0.29, 0.717) is 27.0 Å². The van der Waals surface area contributed by atoms with Crippen molar-refractivity contribution in [2.24, 2.45) is 0 Å². The van der Waals surface area contributed by atoms with E-state index in [0.717, 1.165) is 11.0 Å². The van der Waals surface area contributed by atoms with Gasteiger partial charge >= 0.3 is 0 Å². The maximum Gasteiger partial charge on any atom is 0.257 e. The third kappa shape index (κ3) is 5.24. The van der Waals surface area contributed by atoms with Crippen LogP contribution >= 0.6 is 34.8 Å². The number of anilines is 1. The van der Waals surface area contributed by atoms with Crippen LogP contribution in [0.3, 0.4) is 0 Å². The van der Waals surface area contributed by atoms with Crippen molar-refractivity contribution < 1.29 is 4.79 Å². The molecule has 3 rings (SSSR count). The second-order valence-electron chi connectivity index (χ2n) is 6.13. The van der Waals surface area contributed by atoms with Gasteiger partial charge in [-0.15, -0.1) is 0 Å². The number of hydrogen-bond acceptors (Lipinski definition) is 3. The number of benzene rings is 2. The van der Waals surface area contributed by atoms with Gasteiger partial charge in [0.05, 0.1) is 33.5 Å². The molecule has 146 valence electrons. The molecule has 1 amide bonds. The zero-order chi connectivity index (χ0) is 21.0. The summed E-state index contributed by atoms with van der Waals surface area (Å²) in [6.07, 6.45) is 4.73. The average Bonchev–Trinajstić information content (AvgIpc) is 2.68. The molecule has 0 saturated carbocycles. The van der Waals surface area contributed by atoms with Gasteiger partial charge in [0, 0.05) is 21.3 Å².